The first-order valence-electron chi connectivity index (χ1n) is 11.9. The second-order valence-corrected chi connectivity index (χ2v) is 9.19. The van der Waals surface area contributed by atoms with Crippen molar-refractivity contribution in [2.45, 2.75) is 37.5 Å². The number of carbonyl (C=O) groups is 1. The summed E-state index contributed by atoms with van der Waals surface area (Å²) in [4.78, 5) is 14.5. The fraction of sp³-hybridized carbons (Fsp3) is 0.321. The molecule has 2 N–H and O–H groups in total. The summed E-state index contributed by atoms with van der Waals surface area (Å²) in [6.07, 6.45) is -2.26. The van der Waals surface area contributed by atoms with Crippen LogP contribution in [0.4, 0.5) is 28.9 Å². The van der Waals surface area contributed by atoms with Gasteiger partial charge in [-0.15, -0.1) is 0 Å². The zero-order valence-electron chi connectivity index (χ0n) is 19.7. The second kappa shape index (κ2) is 10.8. The lowest BCUT2D eigenvalue weighted by atomic mass is 9.84. The summed E-state index contributed by atoms with van der Waals surface area (Å²) in [5, 5.41) is 14.2. The largest absolute Gasteiger partial charge is 0.416 e. The predicted molar refractivity (Wildman–Crippen MR) is 131 cm³/mol. The highest BCUT2D eigenvalue weighted by Crippen LogP contribution is 2.35. The average Bonchev–Trinajstić information content (AvgIpc) is 2.86. The Morgan fingerprint density at radius 2 is 1.61 bits per heavy atom. The zero-order chi connectivity index (χ0) is 25.8. The van der Waals surface area contributed by atoms with Crippen molar-refractivity contribution in [2.75, 3.05) is 25.0 Å². The van der Waals surface area contributed by atoms with E-state index in [1.54, 1.807) is 30.3 Å². The summed E-state index contributed by atoms with van der Waals surface area (Å²) < 4.78 is 51.8. The third-order valence-electron chi connectivity index (χ3n) is 6.63. The molecule has 36 heavy (non-hydrogen) atoms. The van der Waals surface area contributed by atoms with Crippen molar-refractivity contribution in [1.29, 1.82) is 0 Å². The normalized spacial score (nSPS) is 16.0. The summed E-state index contributed by atoms with van der Waals surface area (Å²) in [6.45, 7) is 2.11. The Kier molecular flexibility index (Phi) is 7.76. The molecule has 1 heterocycles. The van der Waals surface area contributed by atoms with E-state index in [-0.39, 0.29) is 11.6 Å². The summed E-state index contributed by atoms with van der Waals surface area (Å²) in [5.74, 6) is -0.378. The second-order valence-electron chi connectivity index (χ2n) is 9.19. The van der Waals surface area contributed by atoms with E-state index in [9.17, 15) is 27.5 Å². The van der Waals surface area contributed by atoms with Crippen molar-refractivity contribution in [3.05, 3.63) is 95.3 Å². The van der Waals surface area contributed by atoms with Gasteiger partial charge in [0.25, 0.3) is 0 Å². The molecule has 1 aliphatic heterocycles. The molecule has 0 amide bonds. The van der Waals surface area contributed by atoms with E-state index in [0.717, 1.165) is 24.2 Å². The number of carbonyl (C=O) groups excluding carboxylic acids is 1. The number of benzene rings is 3. The Hall–Kier alpha value is -3.23. The summed E-state index contributed by atoms with van der Waals surface area (Å²) in [5.41, 5.74) is 0.547. The fourth-order valence-corrected chi connectivity index (χ4v) is 4.48. The number of nitrogens with zero attached hydrogens (tertiary/aromatic N) is 1. The van der Waals surface area contributed by atoms with Gasteiger partial charge in [0.15, 0.2) is 5.78 Å². The number of hydrogen-bond donors (Lipinski definition) is 2. The Morgan fingerprint density at radius 1 is 0.944 bits per heavy atom. The van der Waals surface area contributed by atoms with Crippen LogP contribution in [-0.4, -0.2) is 35.4 Å². The lowest BCUT2D eigenvalue weighted by Gasteiger charge is -2.38. The van der Waals surface area contributed by atoms with Gasteiger partial charge in [0.1, 0.15) is 5.82 Å². The van der Waals surface area contributed by atoms with Gasteiger partial charge in [0.2, 0.25) is 0 Å². The van der Waals surface area contributed by atoms with Gasteiger partial charge < -0.3 is 15.3 Å². The summed E-state index contributed by atoms with van der Waals surface area (Å²) in [7, 11) is 0. The molecule has 0 bridgehead atoms. The smallest absolute Gasteiger partial charge is 0.385 e. The highest BCUT2D eigenvalue weighted by Gasteiger charge is 2.34. The van der Waals surface area contributed by atoms with E-state index in [4.69, 9.17) is 0 Å². The highest BCUT2D eigenvalue weighted by atomic mass is 19.4. The molecular formula is C28H28F4N2O2. The Labute approximate surface area is 207 Å². The lowest BCUT2D eigenvalue weighted by molar-refractivity contribution is -0.137. The van der Waals surface area contributed by atoms with Crippen molar-refractivity contribution in [3.8, 4) is 0 Å². The van der Waals surface area contributed by atoms with Gasteiger partial charge in [-0.2, -0.15) is 13.2 Å². The molecule has 3 aromatic rings. The Morgan fingerprint density at radius 3 is 2.25 bits per heavy atom. The molecule has 190 valence electrons. The average molecular weight is 501 g/mol. The molecule has 4 nitrogen and oxygen atoms in total. The zero-order valence-corrected chi connectivity index (χ0v) is 19.7. The van der Waals surface area contributed by atoms with Gasteiger partial charge in [0.05, 0.1) is 11.2 Å². The van der Waals surface area contributed by atoms with Crippen molar-refractivity contribution < 1.29 is 27.5 Å². The van der Waals surface area contributed by atoms with Crippen LogP contribution in [0, 0.1) is 5.82 Å². The van der Waals surface area contributed by atoms with Crippen LogP contribution in [0.2, 0.25) is 0 Å². The van der Waals surface area contributed by atoms with Gasteiger partial charge in [0, 0.05) is 36.4 Å². The van der Waals surface area contributed by atoms with Gasteiger partial charge in [-0.25, -0.2) is 4.39 Å². The Bertz CT molecular complexity index is 1170. The van der Waals surface area contributed by atoms with Crippen LogP contribution in [-0.2, 0) is 11.8 Å². The minimum atomic E-state index is -4.40. The number of nitrogens with one attached hydrogen (secondary N) is 1. The minimum absolute atomic E-state index is 0.0117. The molecule has 0 atom stereocenters. The van der Waals surface area contributed by atoms with Gasteiger partial charge in [-0.05, 0) is 86.0 Å². The number of aliphatic hydroxyl groups is 1. The van der Waals surface area contributed by atoms with Gasteiger partial charge >= 0.3 is 6.18 Å². The van der Waals surface area contributed by atoms with Gasteiger partial charge in [-0.1, -0.05) is 18.2 Å². The fourth-order valence-electron chi connectivity index (χ4n) is 4.48. The molecule has 1 fully saturated rings. The van der Waals surface area contributed by atoms with Crippen LogP contribution in [0.25, 0.3) is 0 Å². The van der Waals surface area contributed by atoms with E-state index in [0.29, 0.717) is 55.7 Å². The van der Waals surface area contributed by atoms with Gasteiger partial charge in [-0.3, -0.25) is 4.79 Å². The van der Waals surface area contributed by atoms with Crippen LogP contribution in [0.1, 0.15) is 47.2 Å². The molecule has 0 aromatic heterocycles. The first-order chi connectivity index (χ1) is 17.1. The van der Waals surface area contributed by atoms with Crippen LogP contribution in [0.15, 0.2) is 72.8 Å². The lowest BCUT2D eigenvalue weighted by Crippen LogP contribution is -2.42. The van der Waals surface area contributed by atoms with Crippen molar-refractivity contribution in [2.24, 2.45) is 0 Å². The van der Waals surface area contributed by atoms with Crippen LogP contribution >= 0.6 is 0 Å². The molecule has 0 aliphatic carbocycles. The van der Waals surface area contributed by atoms with E-state index in [1.165, 1.54) is 30.3 Å². The molecular weight excluding hydrogens is 472 g/mol. The molecule has 0 unspecified atom stereocenters. The number of hydrogen-bond acceptors (Lipinski definition) is 4. The molecule has 0 radical (unpaired) electrons. The Balaban J connectivity index is 1.26. The SMILES string of the molecule is O=C(CCCN1CCC(O)(c2ccc(Nc3cccc(C(F)(F)F)c3)cc2)CC1)c1ccc(F)cc1. The topological polar surface area (TPSA) is 52.6 Å². The molecule has 4 rings (SSSR count). The maximum absolute atomic E-state index is 13.0. The number of rotatable bonds is 8. The number of anilines is 2. The van der Waals surface area contributed by atoms with Crippen molar-refractivity contribution >= 4 is 17.2 Å². The molecule has 8 heteroatoms. The number of likely N-dealkylation sites (tertiary alicyclic amines) is 1. The molecule has 3 aromatic carbocycles. The van der Waals surface area contributed by atoms with E-state index < -0.39 is 17.3 Å². The highest BCUT2D eigenvalue weighted by molar-refractivity contribution is 5.95. The standard InChI is InChI=1S/C28H28F4N2O2/c29-23-10-6-20(7-11-23)26(35)5-2-16-34-17-14-27(36,15-18-34)21-8-12-24(13-9-21)33-25-4-1-3-22(19-25)28(30,31)32/h1,3-4,6-13,19,33,36H,2,5,14-18H2. The minimum Gasteiger partial charge on any atom is -0.385 e. The number of halogens is 4. The quantitative estimate of drug-likeness (QED) is 0.273. The molecule has 1 aliphatic rings. The number of piperidine rings is 1. The van der Waals surface area contributed by atoms with Crippen LogP contribution < -0.4 is 5.32 Å². The summed E-state index contributed by atoms with van der Waals surface area (Å²) in [6, 6.07) is 17.7. The van der Waals surface area contributed by atoms with Crippen molar-refractivity contribution in [3.63, 3.8) is 0 Å². The first-order valence-corrected chi connectivity index (χ1v) is 11.9. The number of ketones is 1. The van der Waals surface area contributed by atoms with E-state index >= 15 is 0 Å². The van der Waals surface area contributed by atoms with Crippen LogP contribution in [0.3, 0.4) is 0 Å². The van der Waals surface area contributed by atoms with E-state index in [1.807, 2.05) is 0 Å². The van der Waals surface area contributed by atoms with Crippen LogP contribution in [0.5, 0.6) is 0 Å². The number of Topliss-reactive ketones (excluding diaryl/α,β-unsaturated/α-hetero) is 1. The predicted octanol–water partition coefficient (Wildman–Crippen LogP) is 6.53. The summed E-state index contributed by atoms with van der Waals surface area (Å²) >= 11 is 0. The molecule has 0 saturated carbocycles. The maximum atomic E-state index is 13.0. The third-order valence-corrected chi connectivity index (χ3v) is 6.63. The number of alkyl halides is 3. The molecule has 1 saturated heterocycles. The van der Waals surface area contributed by atoms with Crippen molar-refractivity contribution in [1.82, 2.24) is 4.90 Å². The van der Waals surface area contributed by atoms with E-state index in [2.05, 4.69) is 10.2 Å². The maximum Gasteiger partial charge on any atom is 0.416 e. The third kappa shape index (κ3) is 6.50. The first kappa shape index (κ1) is 25.9. The monoisotopic (exact) mass is 500 g/mol. The molecule has 0 spiro atoms.